The molecular formula is C21H17NO6. The second-order valence-corrected chi connectivity index (χ2v) is 6.09. The maximum atomic E-state index is 13.0. The zero-order chi connectivity index (χ0) is 19.7. The van der Waals surface area contributed by atoms with Crippen LogP contribution in [0.1, 0.15) is 29.3 Å². The average molecular weight is 379 g/mol. The van der Waals surface area contributed by atoms with E-state index < -0.39 is 23.5 Å². The van der Waals surface area contributed by atoms with Crippen LogP contribution in [0.5, 0.6) is 5.75 Å². The van der Waals surface area contributed by atoms with Crippen LogP contribution >= 0.6 is 0 Å². The summed E-state index contributed by atoms with van der Waals surface area (Å²) in [5, 5.41) is 10.6. The fraction of sp³-hybridized carbons (Fsp3) is 0.143. The summed E-state index contributed by atoms with van der Waals surface area (Å²) in [5.74, 6) is -0.989. The number of benzene rings is 1. The first-order valence-corrected chi connectivity index (χ1v) is 8.73. The van der Waals surface area contributed by atoms with E-state index in [0.717, 1.165) is 0 Å². The molecule has 0 saturated carbocycles. The number of aliphatic hydroxyl groups is 1. The number of rotatable bonds is 6. The van der Waals surface area contributed by atoms with E-state index in [4.69, 9.17) is 13.6 Å². The van der Waals surface area contributed by atoms with E-state index in [-0.39, 0.29) is 11.3 Å². The van der Waals surface area contributed by atoms with Gasteiger partial charge in [0.1, 0.15) is 17.6 Å². The SMILES string of the molecule is CCOc1cccc(N2C(=O)C(O)=C(C(=O)c3ccco3)C2c2ccco2)c1. The van der Waals surface area contributed by atoms with Crippen molar-refractivity contribution in [2.45, 2.75) is 13.0 Å². The predicted octanol–water partition coefficient (Wildman–Crippen LogP) is 4.05. The first-order valence-electron chi connectivity index (χ1n) is 8.73. The molecule has 0 aliphatic carbocycles. The van der Waals surface area contributed by atoms with Gasteiger partial charge in [-0.3, -0.25) is 14.5 Å². The lowest BCUT2D eigenvalue weighted by molar-refractivity contribution is -0.117. The highest BCUT2D eigenvalue weighted by Crippen LogP contribution is 2.42. The van der Waals surface area contributed by atoms with E-state index in [1.54, 1.807) is 42.5 Å². The molecule has 1 amide bonds. The fourth-order valence-electron chi connectivity index (χ4n) is 3.25. The molecule has 7 heteroatoms. The summed E-state index contributed by atoms with van der Waals surface area (Å²) in [6.45, 7) is 2.32. The van der Waals surface area contributed by atoms with Crippen molar-refractivity contribution in [3.63, 3.8) is 0 Å². The third-order valence-electron chi connectivity index (χ3n) is 4.42. The zero-order valence-corrected chi connectivity index (χ0v) is 15.0. The molecule has 1 N–H and O–H groups in total. The van der Waals surface area contributed by atoms with Crippen molar-refractivity contribution in [3.05, 3.63) is 83.9 Å². The van der Waals surface area contributed by atoms with Crippen molar-refractivity contribution >= 4 is 17.4 Å². The van der Waals surface area contributed by atoms with Gasteiger partial charge in [0.25, 0.3) is 5.91 Å². The Hall–Kier alpha value is -3.74. The second kappa shape index (κ2) is 7.11. The molecule has 3 aromatic rings. The molecular weight excluding hydrogens is 362 g/mol. The summed E-state index contributed by atoms with van der Waals surface area (Å²) >= 11 is 0. The van der Waals surface area contributed by atoms with Gasteiger partial charge in [0.2, 0.25) is 5.78 Å². The number of nitrogens with zero attached hydrogens (tertiary/aromatic N) is 1. The molecule has 28 heavy (non-hydrogen) atoms. The standard InChI is InChI=1S/C21H17NO6/c1-2-26-14-7-3-6-13(12-14)22-18(15-8-4-10-27-15)17(20(24)21(22)25)19(23)16-9-5-11-28-16/h3-12,18,24H,2H2,1H3. The minimum absolute atomic E-state index is 0.0239. The highest BCUT2D eigenvalue weighted by molar-refractivity contribution is 6.20. The Kier molecular flexibility index (Phi) is 4.49. The number of hydrogen-bond donors (Lipinski definition) is 1. The van der Waals surface area contributed by atoms with Gasteiger partial charge < -0.3 is 18.7 Å². The molecule has 0 saturated heterocycles. The minimum Gasteiger partial charge on any atom is -0.503 e. The number of Topliss-reactive ketones (excluding diaryl/α,β-unsaturated/α-hetero) is 1. The Morgan fingerprint density at radius 2 is 1.93 bits per heavy atom. The normalized spacial score (nSPS) is 16.7. The van der Waals surface area contributed by atoms with Crippen LogP contribution in [0.4, 0.5) is 5.69 Å². The number of carbonyl (C=O) groups excluding carboxylic acids is 2. The number of hydrogen-bond acceptors (Lipinski definition) is 6. The first kappa shape index (κ1) is 17.7. The van der Waals surface area contributed by atoms with Crippen LogP contribution < -0.4 is 9.64 Å². The van der Waals surface area contributed by atoms with Crippen molar-refractivity contribution in [3.8, 4) is 5.75 Å². The smallest absolute Gasteiger partial charge is 0.294 e. The minimum atomic E-state index is -0.933. The van der Waals surface area contributed by atoms with E-state index in [0.29, 0.717) is 23.8 Å². The van der Waals surface area contributed by atoms with Crippen LogP contribution in [0.2, 0.25) is 0 Å². The number of amides is 1. The molecule has 142 valence electrons. The summed E-state index contributed by atoms with van der Waals surface area (Å²) < 4.78 is 16.2. The van der Waals surface area contributed by atoms with Gasteiger partial charge in [-0.1, -0.05) is 6.07 Å². The van der Waals surface area contributed by atoms with Gasteiger partial charge in [0.15, 0.2) is 11.5 Å². The van der Waals surface area contributed by atoms with E-state index in [9.17, 15) is 14.7 Å². The lowest BCUT2D eigenvalue weighted by Gasteiger charge is -2.25. The van der Waals surface area contributed by atoms with E-state index >= 15 is 0 Å². The van der Waals surface area contributed by atoms with Crippen molar-refractivity contribution in [1.82, 2.24) is 0 Å². The van der Waals surface area contributed by atoms with E-state index in [2.05, 4.69) is 0 Å². The molecule has 2 aromatic heterocycles. The van der Waals surface area contributed by atoms with Gasteiger partial charge in [0.05, 0.1) is 24.7 Å². The van der Waals surface area contributed by atoms with Crippen LogP contribution in [0.25, 0.3) is 0 Å². The first-order chi connectivity index (χ1) is 13.6. The highest BCUT2D eigenvalue weighted by atomic mass is 16.5. The lowest BCUT2D eigenvalue weighted by Crippen LogP contribution is -2.30. The van der Waals surface area contributed by atoms with Crippen LogP contribution in [0.3, 0.4) is 0 Å². The Labute approximate surface area is 160 Å². The number of furan rings is 2. The van der Waals surface area contributed by atoms with Crippen molar-refractivity contribution < 1.29 is 28.3 Å². The number of ether oxygens (including phenoxy) is 1. The van der Waals surface area contributed by atoms with Gasteiger partial charge in [-0.25, -0.2) is 0 Å². The molecule has 1 aliphatic heterocycles. The predicted molar refractivity (Wildman–Crippen MR) is 99.2 cm³/mol. The van der Waals surface area contributed by atoms with Crippen LogP contribution in [0.15, 0.2) is 81.2 Å². The highest BCUT2D eigenvalue weighted by Gasteiger charge is 2.46. The number of carbonyl (C=O) groups is 2. The van der Waals surface area contributed by atoms with Crippen molar-refractivity contribution in [2.75, 3.05) is 11.5 Å². The molecule has 0 spiro atoms. The molecule has 4 rings (SSSR count). The Balaban J connectivity index is 1.83. The summed E-state index contributed by atoms with van der Waals surface area (Å²) in [5.41, 5.74) is 0.364. The molecule has 1 aromatic carbocycles. The van der Waals surface area contributed by atoms with Crippen LogP contribution in [0, 0.1) is 0 Å². The summed E-state index contributed by atoms with van der Waals surface area (Å²) in [6, 6.07) is 12.3. The molecule has 3 heterocycles. The lowest BCUT2D eigenvalue weighted by atomic mass is 9.99. The van der Waals surface area contributed by atoms with Gasteiger partial charge in [-0.2, -0.15) is 0 Å². The maximum absolute atomic E-state index is 13.0. The summed E-state index contributed by atoms with van der Waals surface area (Å²) in [4.78, 5) is 27.2. The van der Waals surface area contributed by atoms with Crippen molar-refractivity contribution in [2.24, 2.45) is 0 Å². The maximum Gasteiger partial charge on any atom is 0.294 e. The van der Waals surface area contributed by atoms with Gasteiger partial charge in [0, 0.05) is 11.8 Å². The largest absolute Gasteiger partial charge is 0.503 e. The molecule has 1 unspecified atom stereocenters. The Morgan fingerprint density at radius 1 is 1.14 bits per heavy atom. The van der Waals surface area contributed by atoms with Gasteiger partial charge in [-0.15, -0.1) is 0 Å². The number of aliphatic hydroxyl groups excluding tert-OH is 1. The summed E-state index contributed by atoms with van der Waals surface area (Å²) in [6.07, 6.45) is 2.80. The summed E-state index contributed by atoms with van der Waals surface area (Å²) in [7, 11) is 0. The average Bonchev–Trinajstić information content (AvgIpc) is 3.44. The van der Waals surface area contributed by atoms with Gasteiger partial charge >= 0.3 is 0 Å². The second-order valence-electron chi connectivity index (χ2n) is 6.09. The molecule has 1 atom stereocenters. The fourth-order valence-corrected chi connectivity index (χ4v) is 3.25. The van der Waals surface area contributed by atoms with Crippen LogP contribution in [-0.2, 0) is 4.79 Å². The van der Waals surface area contributed by atoms with Crippen molar-refractivity contribution in [1.29, 1.82) is 0 Å². The van der Waals surface area contributed by atoms with Crippen LogP contribution in [-0.4, -0.2) is 23.4 Å². The topological polar surface area (TPSA) is 93.1 Å². The monoisotopic (exact) mass is 379 g/mol. The third kappa shape index (κ3) is 2.87. The molecule has 0 fully saturated rings. The Morgan fingerprint density at radius 3 is 2.61 bits per heavy atom. The molecule has 7 nitrogen and oxygen atoms in total. The third-order valence-corrected chi connectivity index (χ3v) is 4.42. The number of anilines is 1. The van der Waals surface area contributed by atoms with E-state index in [1.165, 1.54) is 23.5 Å². The quantitative estimate of drug-likeness (QED) is 0.650. The Bertz CT molecular complexity index is 1030. The molecule has 1 aliphatic rings. The van der Waals surface area contributed by atoms with Gasteiger partial charge in [-0.05, 0) is 43.3 Å². The zero-order valence-electron chi connectivity index (χ0n) is 15.0. The molecule has 0 radical (unpaired) electrons. The number of ketones is 1. The molecule has 0 bridgehead atoms. The van der Waals surface area contributed by atoms with E-state index in [1.807, 2.05) is 6.92 Å².